The number of esters is 2. The van der Waals surface area contributed by atoms with Crippen LogP contribution in [0.4, 0.5) is 22.0 Å². The number of hydrogen-bond donors (Lipinski definition) is 1. The van der Waals surface area contributed by atoms with Crippen LogP contribution in [0, 0.1) is 5.41 Å². The second-order valence-electron chi connectivity index (χ2n) is 5.86. The van der Waals surface area contributed by atoms with Crippen LogP contribution in [-0.4, -0.2) is 55.3 Å². The Kier molecular flexibility index (Phi) is 7.75. The van der Waals surface area contributed by atoms with Crippen LogP contribution in [0.3, 0.4) is 0 Å². The first-order valence-electron chi connectivity index (χ1n) is 7.34. The molecular formula is C13H19F5O8S. The van der Waals surface area contributed by atoms with Crippen LogP contribution in [0.15, 0.2) is 0 Å². The topological polar surface area (TPSA) is 116 Å². The monoisotopic (exact) mass is 430 g/mol. The molecule has 0 bridgehead atoms. The second-order valence-corrected chi connectivity index (χ2v) is 7.41. The predicted molar refractivity (Wildman–Crippen MR) is 78.0 cm³/mol. The summed E-state index contributed by atoms with van der Waals surface area (Å²) >= 11 is 0. The summed E-state index contributed by atoms with van der Waals surface area (Å²) in [5, 5.41) is -5.23. The van der Waals surface area contributed by atoms with Gasteiger partial charge < -0.3 is 14.2 Å². The number of carbonyl (C=O) groups excluding carboxylic acids is 2. The Balaban J connectivity index is 6.19. The first-order chi connectivity index (χ1) is 11.9. The van der Waals surface area contributed by atoms with Gasteiger partial charge in [-0.05, 0) is 27.2 Å². The van der Waals surface area contributed by atoms with Crippen molar-refractivity contribution in [1.29, 1.82) is 0 Å². The fraction of sp³-hybridized carbons (Fsp3) is 0.846. The Morgan fingerprint density at radius 3 is 1.81 bits per heavy atom. The van der Waals surface area contributed by atoms with Gasteiger partial charge in [0.05, 0.1) is 12.0 Å². The fourth-order valence-corrected chi connectivity index (χ4v) is 1.49. The molecule has 1 atom stereocenters. The Hall–Kier alpha value is -1.54. The summed E-state index contributed by atoms with van der Waals surface area (Å²) in [4.78, 5) is 23.9. The molecule has 0 aromatic heterocycles. The van der Waals surface area contributed by atoms with Gasteiger partial charge in [0, 0.05) is 0 Å². The molecule has 27 heavy (non-hydrogen) atoms. The van der Waals surface area contributed by atoms with E-state index in [-0.39, 0.29) is 6.42 Å². The molecule has 0 aliphatic carbocycles. The summed E-state index contributed by atoms with van der Waals surface area (Å²) in [5.74, 6) is -8.71. The van der Waals surface area contributed by atoms with Gasteiger partial charge >= 0.3 is 39.3 Å². The van der Waals surface area contributed by atoms with Gasteiger partial charge in [0.1, 0.15) is 6.61 Å². The minimum Gasteiger partial charge on any atom is -0.461 e. The standard InChI is InChI=1S/C13H19F5O8S/c1-5-10(3,4)8(19)26-12(13(16,17)18,9(20)24-6-2)25-7-11(14,15)27(21,22)23/h5-7H2,1-4H3,(H,21,22,23). The lowest BCUT2D eigenvalue weighted by Gasteiger charge is -2.35. The van der Waals surface area contributed by atoms with Crippen LogP contribution in [0.1, 0.15) is 34.1 Å². The van der Waals surface area contributed by atoms with Gasteiger partial charge in [0.15, 0.2) is 0 Å². The molecule has 0 aromatic carbocycles. The molecule has 1 N–H and O–H groups in total. The maximum atomic E-state index is 13.5. The number of hydrogen-bond acceptors (Lipinski definition) is 7. The van der Waals surface area contributed by atoms with Crippen LogP contribution in [0.5, 0.6) is 0 Å². The highest BCUT2D eigenvalue weighted by Crippen LogP contribution is 2.40. The Labute approximate surface area is 151 Å². The van der Waals surface area contributed by atoms with E-state index in [1.807, 2.05) is 0 Å². The van der Waals surface area contributed by atoms with Gasteiger partial charge in [-0.15, -0.1) is 0 Å². The minimum atomic E-state index is -6.19. The molecule has 160 valence electrons. The first kappa shape index (κ1) is 25.5. The molecule has 0 aromatic rings. The molecule has 0 fully saturated rings. The largest absolute Gasteiger partial charge is 0.468 e. The molecule has 0 rings (SSSR count). The maximum absolute atomic E-state index is 13.5. The van der Waals surface area contributed by atoms with Gasteiger partial charge in [0.25, 0.3) is 0 Å². The third-order valence-corrected chi connectivity index (χ3v) is 4.28. The lowest BCUT2D eigenvalue weighted by atomic mass is 9.90. The number of halogens is 5. The van der Waals surface area contributed by atoms with Crippen LogP contribution >= 0.6 is 0 Å². The first-order valence-corrected chi connectivity index (χ1v) is 8.78. The second kappa shape index (κ2) is 8.22. The zero-order valence-electron chi connectivity index (χ0n) is 14.7. The van der Waals surface area contributed by atoms with Crippen LogP contribution in [0.2, 0.25) is 0 Å². The average Bonchev–Trinajstić information content (AvgIpc) is 2.48. The van der Waals surface area contributed by atoms with E-state index in [2.05, 4.69) is 14.2 Å². The Morgan fingerprint density at radius 2 is 1.48 bits per heavy atom. The van der Waals surface area contributed by atoms with Crippen molar-refractivity contribution in [2.75, 3.05) is 13.2 Å². The molecule has 1 unspecified atom stereocenters. The van der Waals surface area contributed by atoms with E-state index in [0.29, 0.717) is 0 Å². The van der Waals surface area contributed by atoms with Crippen molar-refractivity contribution in [1.82, 2.24) is 0 Å². The van der Waals surface area contributed by atoms with Gasteiger partial charge in [0.2, 0.25) is 0 Å². The Morgan fingerprint density at radius 1 is 1.00 bits per heavy atom. The van der Waals surface area contributed by atoms with Crippen molar-refractivity contribution in [2.45, 2.75) is 51.3 Å². The normalized spacial score (nSPS) is 15.8. The lowest BCUT2D eigenvalue weighted by Crippen LogP contribution is -2.60. The molecule has 0 spiro atoms. The van der Waals surface area contributed by atoms with E-state index in [1.165, 1.54) is 6.92 Å². The highest BCUT2D eigenvalue weighted by atomic mass is 32.2. The van der Waals surface area contributed by atoms with E-state index in [0.717, 1.165) is 20.8 Å². The Bertz CT molecular complexity index is 658. The summed E-state index contributed by atoms with van der Waals surface area (Å²) < 4.78 is 109. The van der Waals surface area contributed by atoms with Crippen molar-refractivity contribution in [2.24, 2.45) is 5.41 Å². The van der Waals surface area contributed by atoms with Crippen LogP contribution in [-0.2, 0) is 33.9 Å². The molecule has 0 saturated carbocycles. The predicted octanol–water partition coefficient (Wildman–Crippen LogP) is 2.28. The van der Waals surface area contributed by atoms with E-state index < -0.39 is 57.9 Å². The number of rotatable bonds is 9. The average molecular weight is 430 g/mol. The zero-order valence-corrected chi connectivity index (χ0v) is 15.5. The molecule has 8 nitrogen and oxygen atoms in total. The summed E-state index contributed by atoms with van der Waals surface area (Å²) in [6.07, 6.45) is -5.99. The number of carbonyl (C=O) groups is 2. The molecule has 0 heterocycles. The van der Waals surface area contributed by atoms with E-state index in [4.69, 9.17) is 4.55 Å². The molecule has 0 aliphatic heterocycles. The maximum Gasteiger partial charge on any atom is 0.468 e. The van der Waals surface area contributed by atoms with Gasteiger partial charge in [-0.3, -0.25) is 9.35 Å². The van der Waals surface area contributed by atoms with Crippen LogP contribution in [0.25, 0.3) is 0 Å². The van der Waals surface area contributed by atoms with Crippen molar-refractivity contribution in [3.05, 3.63) is 0 Å². The van der Waals surface area contributed by atoms with Gasteiger partial charge in [-0.25, -0.2) is 4.79 Å². The third kappa shape index (κ3) is 5.72. The summed E-state index contributed by atoms with van der Waals surface area (Å²) in [6, 6.07) is 0. The summed E-state index contributed by atoms with van der Waals surface area (Å²) in [5.41, 5.74) is -1.59. The summed E-state index contributed by atoms with van der Waals surface area (Å²) in [7, 11) is -6.19. The van der Waals surface area contributed by atoms with Crippen molar-refractivity contribution in [3.8, 4) is 0 Å². The van der Waals surface area contributed by atoms with Gasteiger partial charge in [-0.1, -0.05) is 6.92 Å². The van der Waals surface area contributed by atoms with E-state index in [1.54, 1.807) is 0 Å². The van der Waals surface area contributed by atoms with Crippen molar-refractivity contribution in [3.63, 3.8) is 0 Å². The van der Waals surface area contributed by atoms with E-state index in [9.17, 15) is 40.0 Å². The smallest absolute Gasteiger partial charge is 0.461 e. The highest BCUT2D eigenvalue weighted by molar-refractivity contribution is 7.86. The molecular weight excluding hydrogens is 411 g/mol. The number of ether oxygens (including phenoxy) is 3. The van der Waals surface area contributed by atoms with Gasteiger partial charge in [-0.2, -0.15) is 30.4 Å². The van der Waals surface area contributed by atoms with Crippen molar-refractivity contribution < 1.29 is 58.7 Å². The van der Waals surface area contributed by atoms with E-state index >= 15 is 0 Å². The fourth-order valence-electron chi connectivity index (χ4n) is 1.28. The molecule has 14 heteroatoms. The zero-order chi connectivity index (χ0) is 21.9. The lowest BCUT2D eigenvalue weighted by molar-refractivity contribution is -0.362. The molecule has 0 amide bonds. The number of alkyl halides is 5. The molecule has 0 aliphatic rings. The van der Waals surface area contributed by atoms with Crippen molar-refractivity contribution >= 4 is 22.1 Å². The minimum absolute atomic E-state index is 0.0657. The quantitative estimate of drug-likeness (QED) is 0.256. The molecule has 0 saturated heterocycles. The molecule has 0 radical (unpaired) electrons. The third-order valence-electron chi connectivity index (χ3n) is 3.41. The SMILES string of the molecule is CCOC(=O)C(OCC(F)(F)S(=O)(=O)O)(OC(=O)C(C)(C)CC)C(F)(F)F. The highest BCUT2D eigenvalue weighted by Gasteiger charge is 2.69. The summed E-state index contributed by atoms with van der Waals surface area (Å²) in [6.45, 7) is 1.44. The van der Waals surface area contributed by atoms with Crippen LogP contribution < -0.4 is 0 Å².